The number of hydrogen-bond donors (Lipinski definition) is 3. The summed E-state index contributed by atoms with van der Waals surface area (Å²) in [6, 6.07) is 11.1. The van der Waals surface area contributed by atoms with Crippen molar-refractivity contribution in [3.63, 3.8) is 0 Å². The lowest BCUT2D eigenvalue weighted by Crippen LogP contribution is -2.48. The van der Waals surface area contributed by atoms with Gasteiger partial charge in [0, 0.05) is 45.4 Å². The molecular weight excluding hydrogens is 427 g/mol. The van der Waals surface area contributed by atoms with Crippen molar-refractivity contribution in [1.82, 2.24) is 15.5 Å². The summed E-state index contributed by atoms with van der Waals surface area (Å²) >= 11 is 0. The van der Waals surface area contributed by atoms with E-state index in [0.717, 1.165) is 45.0 Å². The minimum absolute atomic E-state index is 0. The highest BCUT2D eigenvalue weighted by Gasteiger charge is 2.20. The minimum atomic E-state index is 0. The fourth-order valence-corrected chi connectivity index (χ4v) is 2.90. The second-order valence-electron chi connectivity index (χ2n) is 6.69. The number of rotatable bonds is 7. The minimum Gasteiger partial charge on any atom is -0.396 e. The lowest BCUT2D eigenvalue weighted by atomic mass is 10.0. The molecule has 1 fully saturated rings. The average molecular weight is 460 g/mol. The Kier molecular flexibility index (Phi) is 11.1. The molecule has 3 N–H and O–H groups in total. The van der Waals surface area contributed by atoms with Crippen LogP contribution in [0.1, 0.15) is 32.3 Å². The summed E-state index contributed by atoms with van der Waals surface area (Å²) in [6.07, 6.45) is 2.26. The SMILES string of the molecule is CCNC(=NCC(C)CO)NC1CCN(Cc2ccccc2)CC1.I. The van der Waals surface area contributed by atoms with Gasteiger partial charge in [0.25, 0.3) is 0 Å². The summed E-state index contributed by atoms with van der Waals surface area (Å²) in [7, 11) is 0. The van der Waals surface area contributed by atoms with Crippen LogP contribution in [0.15, 0.2) is 35.3 Å². The highest BCUT2D eigenvalue weighted by Crippen LogP contribution is 2.13. The van der Waals surface area contributed by atoms with Gasteiger partial charge in [0.1, 0.15) is 0 Å². The number of likely N-dealkylation sites (tertiary alicyclic amines) is 1. The molecule has 6 heteroatoms. The van der Waals surface area contributed by atoms with Crippen molar-refractivity contribution < 1.29 is 5.11 Å². The van der Waals surface area contributed by atoms with Gasteiger partial charge in [-0.2, -0.15) is 0 Å². The molecule has 1 aromatic rings. The number of aliphatic hydroxyl groups excluding tert-OH is 1. The summed E-state index contributed by atoms with van der Waals surface area (Å²) in [5, 5.41) is 16.0. The van der Waals surface area contributed by atoms with Crippen LogP contribution < -0.4 is 10.6 Å². The molecular formula is C19H33IN4O. The van der Waals surface area contributed by atoms with Crippen molar-refractivity contribution in [3.05, 3.63) is 35.9 Å². The van der Waals surface area contributed by atoms with E-state index in [0.29, 0.717) is 12.6 Å². The number of benzene rings is 1. The number of hydrogen-bond acceptors (Lipinski definition) is 3. The van der Waals surface area contributed by atoms with Crippen LogP contribution in [0.3, 0.4) is 0 Å². The van der Waals surface area contributed by atoms with Crippen LogP contribution in [0, 0.1) is 5.92 Å². The van der Waals surface area contributed by atoms with Gasteiger partial charge in [-0.05, 0) is 31.2 Å². The number of halogens is 1. The molecule has 0 aliphatic carbocycles. The summed E-state index contributed by atoms with van der Waals surface area (Å²) < 4.78 is 0. The van der Waals surface area contributed by atoms with E-state index < -0.39 is 0 Å². The van der Waals surface area contributed by atoms with Crippen LogP contribution >= 0.6 is 24.0 Å². The van der Waals surface area contributed by atoms with Crippen molar-refractivity contribution in [2.24, 2.45) is 10.9 Å². The van der Waals surface area contributed by atoms with Gasteiger partial charge in [-0.15, -0.1) is 24.0 Å². The van der Waals surface area contributed by atoms with Gasteiger partial charge in [0.2, 0.25) is 0 Å². The summed E-state index contributed by atoms with van der Waals surface area (Å²) in [5.41, 5.74) is 1.39. The normalized spacial score (nSPS) is 17.6. The fourth-order valence-electron chi connectivity index (χ4n) is 2.90. The first-order valence-electron chi connectivity index (χ1n) is 9.13. The predicted octanol–water partition coefficient (Wildman–Crippen LogP) is 2.45. The molecule has 1 heterocycles. The van der Waals surface area contributed by atoms with Crippen molar-refractivity contribution in [2.45, 2.75) is 39.3 Å². The summed E-state index contributed by atoms with van der Waals surface area (Å²) in [5.74, 6) is 1.08. The number of aliphatic imine (C=N–C) groups is 1. The predicted molar refractivity (Wildman–Crippen MR) is 116 cm³/mol. The Hall–Kier alpha value is -0.860. The van der Waals surface area contributed by atoms with E-state index >= 15 is 0 Å². The highest BCUT2D eigenvalue weighted by atomic mass is 127. The zero-order valence-corrected chi connectivity index (χ0v) is 17.8. The molecule has 1 aliphatic heterocycles. The number of guanidine groups is 1. The lowest BCUT2D eigenvalue weighted by Gasteiger charge is -2.33. The van der Waals surface area contributed by atoms with E-state index in [1.54, 1.807) is 0 Å². The largest absolute Gasteiger partial charge is 0.396 e. The molecule has 1 atom stereocenters. The topological polar surface area (TPSA) is 59.9 Å². The van der Waals surface area contributed by atoms with Crippen LogP contribution in [0.25, 0.3) is 0 Å². The molecule has 5 nitrogen and oxygen atoms in total. The van der Waals surface area contributed by atoms with Crippen LogP contribution in [0.4, 0.5) is 0 Å². The van der Waals surface area contributed by atoms with E-state index in [2.05, 4.69) is 57.8 Å². The highest BCUT2D eigenvalue weighted by molar-refractivity contribution is 14.0. The van der Waals surface area contributed by atoms with Crippen LogP contribution in [-0.2, 0) is 6.54 Å². The smallest absolute Gasteiger partial charge is 0.191 e. The molecule has 0 amide bonds. The summed E-state index contributed by atoms with van der Waals surface area (Å²) in [4.78, 5) is 7.11. The molecule has 2 rings (SSSR count). The van der Waals surface area contributed by atoms with Crippen molar-refractivity contribution in [1.29, 1.82) is 0 Å². The maximum Gasteiger partial charge on any atom is 0.191 e. The standard InChI is InChI=1S/C19H32N4O.HI/c1-3-20-19(21-13-16(2)15-24)22-18-9-11-23(12-10-18)14-17-7-5-4-6-8-17;/h4-8,16,18,24H,3,9-15H2,1-2H3,(H2,20,21,22);1H. The number of nitrogens with zero attached hydrogens (tertiary/aromatic N) is 2. The molecule has 1 aromatic carbocycles. The quantitative estimate of drug-likeness (QED) is 0.333. The maximum absolute atomic E-state index is 9.13. The first-order valence-corrected chi connectivity index (χ1v) is 9.13. The van der Waals surface area contributed by atoms with Gasteiger partial charge in [-0.3, -0.25) is 9.89 Å². The molecule has 0 radical (unpaired) electrons. The van der Waals surface area contributed by atoms with E-state index in [-0.39, 0.29) is 36.5 Å². The Labute approximate surface area is 169 Å². The van der Waals surface area contributed by atoms with E-state index in [9.17, 15) is 0 Å². The number of aliphatic hydroxyl groups is 1. The third-order valence-corrected chi connectivity index (χ3v) is 4.39. The van der Waals surface area contributed by atoms with Gasteiger partial charge in [0.05, 0.1) is 0 Å². The monoisotopic (exact) mass is 460 g/mol. The first-order chi connectivity index (χ1) is 11.7. The van der Waals surface area contributed by atoms with Crippen LogP contribution in [0.2, 0.25) is 0 Å². The van der Waals surface area contributed by atoms with Gasteiger partial charge in [-0.1, -0.05) is 37.3 Å². The third-order valence-electron chi connectivity index (χ3n) is 4.39. The Morgan fingerprint density at radius 1 is 1.28 bits per heavy atom. The molecule has 0 bridgehead atoms. The number of piperidine rings is 1. The fraction of sp³-hybridized carbons (Fsp3) is 0.632. The van der Waals surface area contributed by atoms with Gasteiger partial charge in [0.15, 0.2) is 5.96 Å². The Balaban J connectivity index is 0.00000312. The number of nitrogens with one attached hydrogen (secondary N) is 2. The zero-order valence-electron chi connectivity index (χ0n) is 15.4. The van der Waals surface area contributed by atoms with Crippen molar-refractivity contribution in [3.8, 4) is 0 Å². The molecule has 142 valence electrons. The maximum atomic E-state index is 9.13. The molecule has 25 heavy (non-hydrogen) atoms. The molecule has 0 saturated carbocycles. The second-order valence-corrected chi connectivity index (χ2v) is 6.69. The average Bonchev–Trinajstić information content (AvgIpc) is 2.62. The molecule has 1 aliphatic rings. The Morgan fingerprint density at radius 2 is 1.96 bits per heavy atom. The van der Waals surface area contributed by atoms with Crippen LogP contribution in [-0.4, -0.2) is 54.8 Å². The van der Waals surface area contributed by atoms with Crippen LogP contribution in [0.5, 0.6) is 0 Å². The van der Waals surface area contributed by atoms with Gasteiger partial charge < -0.3 is 15.7 Å². The second kappa shape index (κ2) is 12.5. The van der Waals surface area contributed by atoms with Gasteiger partial charge in [-0.25, -0.2) is 0 Å². The first kappa shape index (κ1) is 22.2. The van der Waals surface area contributed by atoms with Crippen molar-refractivity contribution in [2.75, 3.05) is 32.8 Å². The van der Waals surface area contributed by atoms with Crippen molar-refractivity contribution >= 4 is 29.9 Å². The Morgan fingerprint density at radius 3 is 2.56 bits per heavy atom. The van der Waals surface area contributed by atoms with E-state index in [4.69, 9.17) is 5.11 Å². The van der Waals surface area contributed by atoms with Gasteiger partial charge >= 0.3 is 0 Å². The molecule has 0 spiro atoms. The van der Waals surface area contributed by atoms with E-state index in [1.807, 2.05) is 6.92 Å². The summed E-state index contributed by atoms with van der Waals surface area (Å²) in [6.45, 7) is 9.03. The molecule has 1 saturated heterocycles. The zero-order chi connectivity index (χ0) is 17.2. The molecule has 1 unspecified atom stereocenters. The lowest BCUT2D eigenvalue weighted by molar-refractivity contribution is 0.198. The van der Waals surface area contributed by atoms with E-state index in [1.165, 1.54) is 5.56 Å². The molecule has 0 aromatic heterocycles. The third kappa shape index (κ3) is 8.37. The Bertz CT molecular complexity index is 489.